The van der Waals surface area contributed by atoms with Crippen molar-refractivity contribution in [2.45, 2.75) is 26.4 Å². The lowest BCUT2D eigenvalue weighted by molar-refractivity contribution is 0.0342. The van der Waals surface area contributed by atoms with Crippen molar-refractivity contribution >= 4 is 10.1 Å². The summed E-state index contributed by atoms with van der Waals surface area (Å²) in [6.07, 6.45) is 0. The predicted molar refractivity (Wildman–Crippen MR) is 71.4 cm³/mol. The number of aliphatic hydroxyl groups excluding tert-OH is 1. The van der Waals surface area contributed by atoms with Gasteiger partial charge in [-0.3, -0.25) is 9.50 Å². The third kappa shape index (κ3) is 14.0. The van der Waals surface area contributed by atoms with E-state index in [0.717, 1.165) is 0 Å². The summed E-state index contributed by atoms with van der Waals surface area (Å²) in [4.78, 5) is 0. The molecule has 0 radical (unpaired) electrons. The van der Waals surface area contributed by atoms with Crippen LogP contribution in [-0.2, 0) is 23.8 Å². The maximum absolute atomic E-state index is 11.5. The second-order valence-electron chi connectivity index (χ2n) is 4.85. The molecule has 0 aromatic carbocycles. The molecule has 0 amide bonds. The SMILES string of the molecule is CC(C)(C)OS(=O)(=O)CNCCOCCOCCO. The third-order valence-corrected chi connectivity index (χ3v) is 3.00. The molecule has 0 aromatic heterocycles. The van der Waals surface area contributed by atoms with Crippen LogP contribution in [0.3, 0.4) is 0 Å². The summed E-state index contributed by atoms with van der Waals surface area (Å²) in [5.41, 5.74) is -0.721. The Morgan fingerprint density at radius 2 is 1.63 bits per heavy atom. The first-order chi connectivity index (χ1) is 8.77. The van der Waals surface area contributed by atoms with Crippen molar-refractivity contribution in [3.8, 4) is 0 Å². The van der Waals surface area contributed by atoms with E-state index >= 15 is 0 Å². The van der Waals surface area contributed by atoms with Crippen LogP contribution < -0.4 is 5.32 Å². The molecular weight excluding hydrogens is 274 g/mol. The van der Waals surface area contributed by atoms with Gasteiger partial charge in [-0.25, -0.2) is 0 Å². The van der Waals surface area contributed by atoms with Gasteiger partial charge in [-0.15, -0.1) is 0 Å². The summed E-state index contributed by atoms with van der Waals surface area (Å²) in [5, 5.41) is 11.2. The second kappa shape index (κ2) is 9.62. The molecule has 0 unspecified atom stereocenters. The first-order valence-electron chi connectivity index (χ1n) is 6.17. The monoisotopic (exact) mass is 299 g/mol. The molecule has 0 atom stereocenters. The van der Waals surface area contributed by atoms with Crippen molar-refractivity contribution < 1.29 is 27.2 Å². The summed E-state index contributed by atoms with van der Waals surface area (Å²) < 4.78 is 38.1. The summed E-state index contributed by atoms with van der Waals surface area (Å²) in [6, 6.07) is 0. The minimum absolute atomic E-state index is 0.00675. The second-order valence-corrected chi connectivity index (χ2v) is 6.42. The maximum Gasteiger partial charge on any atom is 0.281 e. The zero-order chi connectivity index (χ0) is 14.8. The van der Waals surface area contributed by atoms with E-state index < -0.39 is 15.7 Å². The van der Waals surface area contributed by atoms with E-state index in [0.29, 0.717) is 33.0 Å². The summed E-state index contributed by atoms with van der Waals surface area (Å²) in [6.45, 7) is 6.94. The van der Waals surface area contributed by atoms with Gasteiger partial charge >= 0.3 is 0 Å². The van der Waals surface area contributed by atoms with Crippen LogP contribution >= 0.6 is 0 Å². The number of ether oxygens (including phenoxy) is 2. The third-order valence-electron chi connectivity index (χ3n) is 1.69. The van der Waals surface area contributed by atoms with Crippen molar-refractivity contribution in [1.82, 2.24) is 5.32 Å². The van der Waals surface area contributed by atoms with Gasteiger partial charge in [-0.1, -0.05) is 0 Å². The van der Waals surface area contributed by atoms with E-state index in [1.54, 1.807) is 20.8 Å². The smallest absolute Gasteiger partial charge is 0.281 e. The fourth-order valence-corrected chi connectivity index (χ4v) is 2.35. The molecule has 19 heavy (non-hydrogen) atoms. The zero-order valence-corrected chi connectivity index (χ0v) is 12.7. The number of aliphatic hydroxyl groups is 1. The number of hydrogen-bond donors (Lipinski definition) is 2. The van der Waals surface area contributed by atoms with Gasteiger partial charge in [-0.2, -0.15) is 8.42 Å². The van der Waals surface area contributed by atoms with Crippen molar-refractivity contribution in [3.05, 3.63) is 0 Å². The van der Waals surface area contributed by atoms with Crippen LogP contribution in [0.4, 0.5) is 0 Å². The highest BCUT2D eigenvalue weighted by atomic mass is 32.2. The Bertz CT molecular complexity index is 312. The fraction of sp³-hybridized carbons (Fsp3) is 1.00. The summed E-state index contributed by atoms with van der Waals surface area (Å²) in [7, 11) is -3.56. The van der Waals surface area contributed by atoms with Crippen LogP contribution in [0.1, 0.15) is 20.8 Å². The Labute approximate surface area is 115 Å². The molecule has 0 saturated heterocycles. The van der Waals surface area contributed by atoms with Crippen molar-refractivity contribution in [2.75, 3.05) is 45.5 Å². The number of hydrogen-bond acceptors (Lipinski definition) is 7. The Kier molecular flexibility index (Phi) is 9.50. The molecule has 0 aliphatic carbocycles. The van der Waals surface area contributed by atoms with Crippen molar-refractivity contribution in [2.24, 2.45) is 0 Å². The molecule has 0 aliphatic rings. The van der Waals surface area contributed by atoms with E-state index in [1.165, 1.54) is 0 Å². The van der Waals surface area contributed by atoms with Crippen molar-refractivity contribution in [3.63, 3.8) is 0 Å². The average molecular weight is 299 g/mol. The highest BCUT2D eigenvalue weighted by Gasteiger charge is 2.21. The quantitative estimate of drug-likeness (QED) is 0.400. The van der Waals surface area contributed by atoms with Crippen LogP contribution in [0.2, 0.25) is 0 Å². The molecule has 2 N–H and O–H groups in total. The van der Waals surface area contributed by atoms with E-state index in [2.05, 4.69) is 5.32 Å². The number of nitrogens with one attached hydrogen (secondary N) is 1. The summed E-state index contributed by atoms with van der Waals surface area (Å²) in [5.74, 6) is -0.241. The number of rotatable bonds is 11. The highest BCUT2D eigenvalue weighted by molar-refractivity contribution is 7.86. The highest BCUT2D eigenvalue weighted by Crippen LogP contribution is 2.10. The lowest BCUT2D eigenvalue weighted by Gasteiger charge is -2.18. The van der Waals surface area contributed by atoms with E-state index in [-0.39, 0.29) is 12.5 Å². The van der Waals surface area contributed by atoms with E-state index in [4.69, 9.17) is 18.8 Å². The molecule has 0 aliphatic heterocycles. The predicted octanol–water partition coefficient (Wildman–Crippen LogP) is -0.296. The fourth-order valence-electron chi connectivity index (χ4n) is 1.14. The van der Waals surface area contributed by atoms with Gasteiger partial charge < -0.3 is 14.6 Å². The molecule has 8 heteroatoms. The summed E-state index contributed by atoms with van der Waals surface area (Å²) >= 11 is 0. The molecule has 0 saturated carbocycles. The lowest BCUT2D eigenvalue weighted by atomic mass is 10.2. The van der Waals surface area contributed by atoms with E-state index in [9.17, 15) is 8.42 Å². The minimum atomic E-state index is -3.56. The van der Waals surface area contributed by atoms with Crippen LogP contribution in [0.15, 0.2) is 0 Å². The van der Waals surface area contributed by atoms with E-state index in [1.807, 2.05) is 0 Å². The molecule has 0 bridgehead atoms. The van der Waals surface area contributed by atoms with Crippen LogP contribution in [-0.4, -0.2) is 64.6 Å². The first kappa shape index (κ1) is 18.8. The van der Waals surface area contributed by atoms with Crippen LogP contribution in [0, 0.1) is 0 Å². The van der Waals surface area contributed by atoms with Gasteiger partial charge in [0, 0.05) is 6.54 Å². The molecular formula is C11H25NO6S. The molecule has 116 valence electrons. The first-order valence-corrected chi connectivity index (χ1v) is 7.75. The Morgan fingerprint density at radius 1 is 1.05 bits per heavy atom. The van der Waals surface area contributed by atoms with Gasteiger partial charge in [0.25, 0.3) is 10.1 Å². The normalized spacial score (nSPS) is 12.8. The molecule has 0 heterocycles. The molecule has 0 aromatic rings. The van der Waals surface area contributed by atoms with Gasteiger partial charge in [-0.05, 0) is 20.8 Å². The standard InChI is InChI=1S/C11H25NO6S/c1-11(2,3)18-19(14,15)10-12-4-6-16-8-9-17-7-5-13/h12-13H,4-10H2,1-3H3. The topological polar surface area (TPSA) is 94.1 Å². The molecule has 0 fully saturated rings. The van der Waals surface area contributed by atoms with Gasteiger partial charge in [0.1, 0.15) is 5.88 Å². The van der Waals surface area contributed by atoms with Gasteiger partial charge in [0.15, 0.2) is 0 Å². The molecule has 0 spiro atoms. The molecule has 7 nitrogen and oxygen atoms in total. The van der Waals surface area contributed by atoms with Crippen molar-refractivity contribution in [1.29, 1.82) is 0 Å². The lowest BCUT2D eigenvalue weighted by Crippen LogP contribution is -2.33. The Hall–Kier alpha value is -0.250. The minimum Gasteiger partial charge on any atom is -0.394 e. The van der Waals surface area contributed by atoms with Crippen LogP contribution in [0.25, 0.3) is 0 Å². The largest absolute Gasteiger partial charge is 0.394 e. The van der Waals surface area contributed by atoms with Gasteiger partial charge in [0.2, 0.25) is 0 Å². The zero-order valence-electron chi connectivity index (χ0n) is 11.8. The maximum atomic E-state index is 11.5. The van der Waals surface area contributed by atoms with Gasteiger partial charge in [0.05, 0.1) is 38.6 Å². The molecule has 0 rings (SSSR count). The van der Waals surface area contributed by atoms with Crippen LogP contribution in [0.5, 0.6) is 0 Å². The Balaban J connectivity index is 3.49. The average Bonchev–Trinajstić information content (AvgIpc) is 2.23. The Morgan fingerprint density at radius 3 is 2.16 bits per heavy atom.